The van der Waals surface area contributed by atoms with Crippen LogP contribution in [-0.4, -0.2) is 40.1 Å². The number of carbonyl (C=O) groups is 1. The van der Waals surface area contributed by atoms with Crippen molar-refractivity contribution in [2.75, 3.05) is 18.5 Å². The van der Waals surface area contributed by atoms with E-state index < -0.39 is 0 Å². The molecular formula is C16H19N5O3. The third-order valence-electron chi connectivity index (χ3n) is 4.11. The molecule has 4 rings (SSSR count). The van der Waals surface area contributed by atoms with Crippen molar-refractivity contribution in [1.29, 1.82) is 0 Å². The second-order valence-electron chi connectivity index (χ2n) is 5.92. The minimum Gasteiger partial charge on any atom is -0.486 e. The van der Waals surface area contributed by atoms with E-state index in [1.165, 1.54) is 0 Å². The zero-order valence-corrected chi connectivity index (χ0v) is 13.4. The Morgan fingerprint density at radius 3 is 3.12 bits per heavy atom. The molecule has 1 aromatic heterocycles. The van der Waals surface area contributed by atoms with Gasteiger partial charge in [-0.25, -0.2) is 14.5 Å². The van der Waals surface area contributed by atoms with E-state index in [1.807, 2.05) is 23.7 Å². The highest BCUT2D eigenvalue weighted by Gasteiger charge is 2.23. The lowest BCUT2D eigenvalue weighted by atomic mass is 10.1. The molecule has 0 saturated carbocycles. The molecule has 0 saturated heterocycles. The van der Waals surface area contributed by atoms with Crippen LogP contribution >= 0.6 is 0 Å². The molecule has 0 radical (unpaired) electrons. The normalized spacial score (nSPS) is 18.6. The van der Waals surface area contributed by atoms with Gasteiger partial charge in [-0.2, -0.15) is 5.10 Å². The van der Waals surface area contributed by atoms with Gasteiger partial charge in [0.05, 0.1) is 18.3 Å². The van der Waals surface area contributed by atoms with E-state index in [-0.39, 0.29) is 12.1 Å². The Balaban J connectivity index is 1.41. The number of para-hydroxylation sites is 1. The van der Waals surface area contributed by atoms with Crippen LogP contribution in [0.2, 0.25) is 0 Å². The summed E-state index contributed by atoms with van der Waals surface area (Å²) in [6.07, 6.45) is 1.65. The predicted octanol–water partition coefficient (Wildman–Crippen LogP) is 1.49. The van der Waals surface area contributed by atoms with Crippen molar-refractivity contribution in [3.05, 3.63) is 29.8 Å². The standard InChI is InChI=1S/C16H19N5O3/c1-10-17-14-6-5-11(9-21(14)20-10)18-16(22)19-12-3-2-4-13-15(12)24-8-7-23-13/h2-4,11H,5-9H2,1H3,(H2,18,19,22). The molecule has 1 atom stereocenters. The van der Waals surface area contributed by atoms with E-state index >= 15 is 0 Å². The maximum Gasteiger partial charge on any atom is 0.319 e. The first kappa shape index (κ1) is 14.8. The van der Waals surface area contributed by atoms with Crippen LogP contribution in [0.3, 0.4) is 0 Å². The zero-order chi connectivity index (χ0) is 16.5. The summed E-state index contributed by atoms with van der Waals surface area (Å²) in [6.45, 7) is 3.51. The van der Waals surface area contributed by atoms with Gasteiger partial charge >= 0.3 is 6.03 Å². The Labute approximate surface area is 139 Å². The number of fused-ring (bicyclic) bond motifs is 2. The maximum atomic E-state index is 12.3. The summed E-state index contributed by atoms with van der Waals surface area (Å²) >= 11 is 0. The van der Waals surface area contributed by atoms with Gasteiger partial charge in [-0.05, 0) is 25.5 Å². The third kappa shape index (κ3) is 2.86. The number of aryl methyl sites for hydroxylation is 2. The predicted molar refractivity (Wildman–Crippen MR) is 86.5 cm³/mol. The van der Waals surface area contributed by atoms with Gasteiger partial charge in [0.25, 0.3) is 0 Å². The molecule has 2 aromatic rings. The van der Waals surface area contributed by atoms with E-state index in [0.717, 1.165) is 24.5 Å². The molecule has 3 heterocycles. The van der Waals surface area contributed by atoms with Crippen molar-refractivity contribution >= 4 is 11.7 Å². The average Bonchev–Trinajstić information content (AvgIpc) is 2.94. The summed E-state index contributed by atoms with van der Waals surface area (Å²) in [7, 11) is 0. The maximum absolute atomic E-state index is 12.3. The number of rotatable bonds is 2. The van der Waals surface area contributed by atoms with Gasteiger partial charge in [0.2, 0.25) is 0 Å². The molecule has 8 nitrogen and oxygen atoms in total. The first-order chi connectivity index (χ1) is 11.7. The molecule has 0 bridgehead atoms. The van der Waals surface area contributed by atoms with E-state index in [0.29, 0.717) is 36.9 Å². The smallest absolute Gasteiger partial charge is 0.319 e. The minimum absolute atomic E-state index is 0.0234. The summed E-state index contributed by atoms with van der Waals surface area (Å²) in [5.74, 6) is 2.98. The number of nitrogens with zero attached hydrogens (tertiary/aromatic N) is 3. The molecule has 2 aliphatic rings. The highest BCUT2D eigenvalue weighted by atomic mass is 16.6. The van der Waals surface area contributed by atoms with Gasteiger partial charge in [0.1, 0.15) is 24.9 Å². The summed E-state index contributed by atoms with van der Waals surface area (Å²) in [5, 5.41) is 10.2. The Bertz CT molecular complexity index is 773. The van der Waals surface area contributed by atoms with Crippen LogP contribution < -0.4 is 20.1 Å². The molecule has 24 heavy (non-hydrogen) atoms. The second-order valence-corrected chi connectivity index (χ2v) is 5.92. The van der Waals surface area contributed by atoms with Crippen LogP contribution in [0.15, 0.2) is 18.2 Å². The summed E-state index contributed by atoms with van der Waals surface area (Å²) < 4.78 is 13.0. The molecule has 0 aliphatic carbocycles. The fourth-order valence-electron chi connectivity index (χ4n) is 3.07. The monoisotopic (exact) mass is 329 g/mol. The molecule has 8 heteroatoms. The van der Waals surface area contributed by atoms with Gasteiger partial charge in [0.15, 0.2) is 11.5 Å². The summed E-state index contributed by atoms with van der Waals surface area (Å²) in [6, 6.07) is 5.21. The van der Waals surface area contributed by atoms with Crippen LogP contribution in [0.1, 0.15) is 18.1 Å². The number of urea groups is 1. The van der Waals surface area contributed by atoms with Crippen LogP contribution in [-0.2, 0) is 13.0 Å². The van der Waals surface area contributed by atoms with Crippen molar-refractivity contribution in [3.63, 3.8) is 0 Å². The van der Waals surface area contributed by atoms with E-state index in [9.17, 15) is 4.79 Å². The number of carbonyl (C=O) groups excluding carboxylic acids is 1. The number of aromatic nitrogens is 3. The second kappa shape index (κ2) is 6.03. The van der Waals surface area contributed by atoms with Gasteiger partial charge < -0.3 is 20.1 Å². The SMILES string of the molecule is Cc1nc2n(n1)CC(NC(=O)Nc1cccc3c1OCCO3)CC2. The number of benzene rings is 1. The highest BCUT2D eigenvalue weighted by molar-refractivity contribution is 5.91. The van der Waals surface area contributed by atoms with Crippen molar-refractivity contribution in [1.82, 2.24) is 20.1 Å². The molecule has 2 aliphatic heterocycles. The Morgan fingerprint density at radius 2 is 2.21 bits per heavy atom. The summed E-state index contributed by atoms with van der Waals surface area (Å²) in [5.41, 5.74) is 0.609. The molecular weight excluding hydrogens is 310 g/mol. The molecule has 126 valence electrons. The Morgan fingerprint density at radius 1 is 1.33 bits per heavy atom. The highest BCUT2D eigenvalue weighted by Crippen LogP contribution is 2.37. The van der Waals surface area contributed by atoms with Crippen molar-refractivity contribution in [2.45, 2.75) is 32.4 Å². The van der Waals surface area contributed by atoms with Crippen LogP contribution in [0.5, 0.6) is 11.5 Å². The lowest BCUT2D eigenvalue weighted by Gasteiger charge is -2.24. The Kier molecular flexibility index (Phi) is 3.72. The van der Waals surface area contributed by atoms with Crippen LogP contribution in [0.25, 0.3) is 0 Å². The fourth-order valence-corrected chi connectivity index (χ4v) is 3.07. The molecule has 1 aromatic carbocycles. The Hall–Kier alpha value is -2.77. The minimum atomic E-state index is -0.261. The fraction of sp³-hybridized carbons (Fsp3) is 0.438. The number of hydrogen-bond donors (Lipinski definition) is 2. The number of ether oxygens (including phenoxy) is 2. The van der Waals surface area contributed by atoms with E-state index in [2.05, 4.69) is 20.7 Å². The van der Waals surface area contributed by atoms with Crippen molar-refractivity contribution in [2.24, 2.45) is 0 Å². The third-order valence-corrected chi connectivity index (χ3v) is 4.11. The molecule has 1 unspecified atom stereocenters. The van der Waals surface area contributed by atoms with E-state index in [4.69, 9.17) is 9.47 Å². The van der Waals surface area contributed by atoms with Gasteiger partial charge in [-0.1, -0.05) is 6.07 Å². The lowest BCUT2D eigenvalue weighted by Crippen LogP contribution is -2.43. The summed E-state index contributed by atoms with van der Waals surface area (Å²) in [4.78, 5) is 16.7. The lowest BCUT2D eigenvalue weighted by molar-refractivity contribution is 0.172. The molecule has 2 amide bonds. The number of hydrogen-bond acceptors (Lipinski definition) is 5. The van der Waals surface area contributed by atoms with Gasteiger partial charge in [-0.3, -0.25) is 0 Å². The number of amides is 2. The van der Waals surface area contributed by atoms with Crippen molar-refractivity contribution in [3.8, 4) is 11.5 Å². The number of nitrogens with one attached hydrogen (secondary N) is 2. The topological polar surface area (TPSA) is 90.3 Å². The van der Waals surface area contributed by atoms with Crippen LogP contribution in [0, 0.1) is 6.92 Å². The molecule has 0 fully saturated rings. The number of anilines is 1. The quantitative estimate of drug-likeness (QED) is 0.871. The first-order valence-corrected chi connectivity index (χ1v) is 8.05. The molecule has 0 spiro atoms. The first-order valence-electron chi connectivity index (χ1n) is 8.05. The van der Waals surface area contributed by atoms with Crippen LogP contribution in [0.4, 0.5) is 10.5 Å². The van der Waals surface area contributed by atoms with Gasteiger partial charge in [-0.15, -0.1) is 0 Å². The van der Waals surface area contributed by atoms with E-state index in [1.54, 1.807) is 6.07 Å². The van der Waals surface area contributed by atoms with Crippen molar-refractivity contribution < 1.29 is 14.3 Å². The molecule has 2 N–H and O–H groups in total. The zero-order valence-electron chi connectivity index (χ0n) is 13.4. The largest absolute Gasteiger partial charge is 0.486 e. The average molecular weight is 329 g/mol. The van der Waals surface area contributed by atoms with Gasteiger partial charge in [0, 0.05) is 6.42 Å².